The Morgan fingerprint density at radius 2 is 2.06 bits per heavy atom. The quantitative estimate of drug-likeness (QED) is 0.807. The van der Waals surface area contributed by atoms with Gasteiger partial charge in [0.2, 0.25) is 0 Å². The van der Waals surface area contributed by atoms with Crippen molar-refractivity contribution in [2.24, 2.45) is 0 Å². The highest BCUT2D eigenvalue weighted by Gasteiger charge is 2.37. The van der Waals surface area contributed by atoms with Crippen molar-refractivity contribution >= 4 is 27.6 Å². The molecule has 0 aromatic heterocycles. The van der Waals surface area contributed by atoms with E-state index in [9.17, 15) is 4.79 Å². The molecule has 0 saturated carbocycles. The number of halogens is 1. The maximum absolute atomic E-state index is 12.1. The van der Waals surface area contributed by atoms with Gasteiger partial charge in [-0.05, 0) is 40.9 Å². The van der Waals surface area contributed by atoms with Crippen molar-refractivity contribution in [3.05, 3.63) is 28.7 Å². The van der Waals surface area contributed by atoms with E-state index in [-0.39, 0.29) is 5.97 Å². The van der Waals surface area contributed by atoms with Gasteiger partial charge in [-0.15, -0.1) is 0 Å². The molecule has 1 rings (SSSR count). The fourth-order valence-electron chi connectivity index (χ4n) is 2.07. The number of nitrogens with one attached hydrogen (secondary N) is 1. The third-order valence-corrected chi connectivity index (χ3v) is 3.80. The van der Waals surface area contributed by atoms with E-state index in [2.05, 4.69) is 28.2 Å². The van der Waals surface area contributed by atoms with Crippen LogP contribution in [0.1, 0.15) is 33.1 Å². The smallest absolute Gasteiger partial charge is 0.331 e. The number of hydrogen-bond donors (Lipinski definition) is 1. The van der Waals surface area contributed by atoms with E-state index in [1.165, 1.54) is 7.11 Å². The topological polar surface area (TPSA) is 38.3 Å². The number of hydrogen-bond acceptors (Lipinski definition) is 3. The molecule has 18 heavy (non-hydrogen) atoms. The highest BCUT2D eigenvalue weighted by molar-refractivity contribution is 9.10. The Bertz CT molecular complexity index is 409. The van der Waals surface area contributed by atoms with Gasteiger partial charge in [0.25, 0.3) is 0 Å². The zero-order chi connectivity index (χ0) is 13.6. The number of benzene rings is 1. The van der Waals surface area contributed by atoms with E-state index in [1.54, 1.807) is 0 Å². The standard InChI is InChI=1S/C14H20BrNO2/c1-4-10-14(5-2,13(17)18-3)16-12-9-7-6-8-11(12)15/h6-9,16H,4-5,10H2,1-3H3. The lowest BCUT2D eigenvalue weighted by molar-refractivity contribution is -0.146. The van der Waals surface area contributed by atoms with E-state index < -0.39 is 5.54 Å². The molecule has 0 heterocycles. The van der Waals surface area contributed by atoms with Crippen LogP contribution in [0.2, 0.25) is 0 Å². The summed E-state index contributed by atoms with van der Waals surface area (Å²) in [6.07, 6.45) is 2.35. The van der Waals surface area contributed by atoms with Crippen molar-refractivity contribution in [2.45, 2.75) is 38.6 Å². The molecule has 4 heteroatoms. The summed E-state index contributed by atoms with van der Waals surface area (Å²) in [7, 11) is 1.43. The molecule has 0 spiro atoms. The van der Waals surface area contributed by atoms with Crippen LogP contribution in [0.25, 0.3) is 0 Å². The monoisotopic (exact) mass is 313 g/mol. The predicted molar refractivity (Wildman–Crippen MR) is 77.7 cm³/mol. The van der Waals surface area contributed by atoms with Gasteiger partial charge in [-0.2, -0.15) is 0 Å². The van der Waals surface area contributed by atoms with Crippen LogP contribution in [0, 0.1) is 0 Å². The van der Waals surface area contributed by atoms with Crippen molar-refractivity contribution < 1.29 is 9.53 Å². The van der Waals surface area contributed by atoms with Crippen molar-refractivity contribution in [3.8, 4) is 0 Å². The van der Waals surface area contributed by atoms with Gasteiger partial charge in [0.15, 0.2) is 0 Å². The average molecular weight is 314 g/mol. The van der Waals surface area contributed by atoms with Crippen LogP contribution in [0.4, 0.5) is 5.69 Å². The molecule has 0 aliphatic heterocycles. The number of rotatable bonds is 6. The van der Waals surface area contributed by atoms with Gasteiger partial charge < -0.3 is 10.1 Å². The Kier molecular flexibility index (Phi) is 5.66. The minimum Gasteiger partial charge on any atom is -0.467 e. The lowest BCUT2D eigenvalue weighted by Crippen LogP contribution is -2.46. The molecular weight excluding hydrogens is 294 g/mol. The first kappa shape index (κ1) is 15.0. The Labute approximate surface area is 117 Å². The van der Waals surface area contributed by atoms with Crippen LogP contribution in [0.3, 0.4) is 0 Å². The molecule has 0 bridgehead atoms. The van der Waals surface area contributed by atoms with Crippen LogP contribution in [-0.2, 0) is 9.53 Å². The van der Waals surface area contributed by atoms with Crippen molar-refractivity contribution in [1.29, 1.82) is 0 Å². The van der Waals surface area contributed by atoms with E-state index in [1.807, 2.05) is 31.2 Å². The van der Waals surface area contributed by atoms with Gasteiger partial charge in [0.1, 0.15) is 5.54 Å². The average Bonchev–Trinajstić information content (AvgIpc) is 2.39. The molecule has 100 valence electrons. The second-order valence-corrected chi connectivity index (χ2v) is 5.14. The third-order valence-electron chi connectivity index (χ3n) is 3.10. The van der Waals surface area contributed by atoms with Gasteiger partial charge >= 0.3 is 5.97 Å². The minimum absolute atomic E-state index is 0.206. The summed E-state index contributed by atoms with van der Waals surface area (Å²) >= 11 is 3.49. The predicted octanol–water partition coefficient (Wildman–Crippen LogP) is 3.98. The van der Waals surface area contributed by atoms with E-state index in [4.69, 9.17) is 4.74 Å². The summed E-state index contributed by atoms with van der Waals surface area (Å²) in [5.41, 5.74) is 0.270. The number of para-hydroxylation sites is 1. The molecule has 1 N–H and O–H groups in total. The van der Waals surface area contributed by atoms with Crippen LogP contribution in [0.5, 0.6) is 0 Å². The molecule has 0 saturated heterocycles. The molecule has 0 fully saturated rings. The maximum atomic E-state index is 12.1. The molecule has 0 radical (unpaired) electrons. The maximum Gasteiger partial charge on any atom is 0.331 e. The normalized spacial score (nSPS) is 13.8. The van der Waals surface area contributed by atoms with Crippen LogP contribution >= 0.6 is 15.9 Å². The highest BCUT2D eigenvalue weighted by Crippen LogP contribution is 2.29. The lowest BCUT2D eigenvalue weighted by atomic mass is 9.90. The Balaban J connectivity index is 3.04. The van der Waals surface area contributed by atoms with Gasteiger partial charge in [-0.25, -0.2) is 4.79 Å². The zero-order valence-electron chi connectivity index (χ0n) is 11.1. The molecule has 1 atom stereocenters. The second kappa shape index (κ2) is 6.78. The first-order chi connectivity index (χ1) is 8.59. The van der Waals surface area contributed by atoms with Crippen molar-refractivity contribution in [3.63, 3.8) is 0 Å². The third kappa shape index (κ3) is 3.25. The fraction of sp³-hybridized carbons (Fsp3) is 0.500. The SMILES string of the molecule is CCCC(CC)(Nc1ccccc1Br)C(=O)OC. The number of carbonyl (C=O) groups excluding carboxylic acids is 1. The number of anilines is 1. The lowest BCUT2D eigenvalue weighted by Gasteiger charge is -2.32. The molecule has 1 aromatic rings. The number of methoxy groups -OCH3 is 1. The highest BCUT2D eigenvalue weighted by atomic mass is 79.9. The summed E-state index contributed by atoms with van der Waals surface area (Å²) < 4.78 is 5.90. The van der Waals surface area contributed by atoms with Crippen LogP contribution in [-0.4, -0.2) is 18.6 Å². The summed E-state index contributed by atoms with van der Waals surface area (Å²) in [5.74, 6) is -0.206. The Hall–Kier alpha value is -1.03. The Morgan fingerprint density at radius 1 is 1.39 bits per heavy atom. The van der Waals surface area contributed by atoms with Gasteiger partial charge in [-0.1, -0.05) is 32.4 Å². The second-order valence-electron chi connectivity index (χ2n) is 4.28. The first-order valence-corrected chi connectivity index (χ1v) is 7.00. The summed E-state index contributed by atoms with van der Waals surface area (Å²) in [6, 6.07) is 7.79. The summed E-state index contributed by atoms with van der Waals surface area (Å²) in [4.78, 5) is 12.1. The molecular formula is C14H20BrNO2. The minimum atomic E-state index is -0.645. The van der Waals surface area contributed by atoms with Crippen molar-refractivity contribution in [2.75, 3.05) is 12.4 Å². The van der Waals surface area contributed by atoms with Gasteiger partial charge in [0, 0.05) is 10.2 Å². The number of ether oxygens (including phenoxy) is 1. The Morgan fingerprint density at radius 3 is 2.56 bits per heavy atom. The largest absolute Gasteiger partial charge is 0.467 e. The number of esters is 1. The van der Waals surface area contributed by atoms with Gasteiger partial charge in [0.05, 0.1) is 7.11 Å². The van der Waals surface area contributed by atoms with Crippen LogP contribution in [0.15, 0.2) is 28.7 Å². The van der Waals surface area contributed by atoms with Crippen LogP contribution < -0.4 is 5.32 Å². The molecule has 3 nitrogen and oxygen atoms in total. The molecule has 1 unspecified atom stereocenters. The summed E-state index contributed by atoms with van der Waals surface area (Å²) in [5, 5.41) is 3.34. The number of carbonyl (C=O) groups is 1. The van der Waals surface area contributed by atoms with E-state index >= 15 is 0 Å². The molecule has 1 aromatic carbocycles. The van der Waals surface area contributed by atoms with E-state index in [0.717, 1.165) is 23.0 Å². The fourth-order valence-corrected chi connectivity index (χ4v) is 2.45. The molecule has 0 aliphatic carbocycles. The first-order valence-electron chi connectivity index (χ1n) is 6.20. The molecule has 0 aliphatic rings. The van der Waals surface area contributed by atoms with Crippen molar-refractivity contribution in [1.82, 2.24) is 0 Å². The van der Waals surface area contributed by atoms with E-state index in [0.29, 0.717) is 6.42 Å². The molecule has 0 amide bonds. The summed E-state index contributed by atoms with van der Waals surface area (Å²) in [6.45, 7) is 4.06. The zero-order valence-corrected chi connectivity index (χ0v) is 12.7. The van der Waals surface area contributed by atoms with Gasteiger partial charge in [-0.3, -0.25) is 0 Å².